The molecular formula is C18H24N3O3S+. The number of ether oxygens (including phenoxy) is 1. The van der Waals surface area contributed by atoms with E-state index < -0.39 is 10.0 Å². The fourth-order valence-corrected chi connectivity index (χ4v) is 4.36. The molecule has 0 radical (unpaired) electrons. The fourth-order valence-electron chi connectivity index (χ4n) is 2.92. The van der Waals surface area contributed by atoms with Crippen molar-refractivity contribution in [2.24, 2.45) is 0 Å². The summed E-state index contributed by atoms with van der Waals surface area (Å²) in [6.45, 7) is 3.73. The van der Waals surface area contributed by atoms with Gasteiger partial charge in [-0.2, -0.15) is 0 Å². The third-order valence-corrected chi connectivity index (χ3v) is 6.15. The fraction of sp³-hybridized carbons (Fsp3) is 0.389. The number of hydrogen-bond donors (Lipinski definition) is 1. The van der Waals surface area contributed by atoms with Gasteiger partial charge in [0.15, 0.2) is 0 Å². The van der Waals surface area contributed by atoms with E-state index in [1.165, 1.54) is 10.5 Å². The molecular weight excluding hydrogens is 338 g/mol. The lowest BCUT2D eigenvalue weighted by atomic mass is 10.2. The molecule has 1 aromatic carbocycles. The molecule has 1 aliphatic rings. The second kappa shape index (κ2) is 7.84. The molecule has 1 atom stereocenters. The molecule has 25 heavy (non-hydrogen) atoms. The number of aromatic nitrogens is 1. The van der Waals surface area contributed by atoms with Crippen LogP contribution >= 0.6 is 0 Å². The van der Waals surface area contributed by atoms with Gasteiger partial charge in [0.25, 0.3) is 15.8 Å². The van der Waals surface area contributed by atoms with Gasteiger partial charge in [0.2, 0.25) is 0 Å². The van der Waals surface area contributed by atoms with E-state index in [1.807, 2.05) is 25.1 Å². The lowest BCUT2D eigenvalue weighted by molar-refractivity contribution is -0.364. The van der Waals surface area contributed by atoms with E-state index in [-0.39, 0.29) is 11.0 Å². The first-order valence-electron chi connectivity index (χ1n) is 8.56. The van der Waals surface area contributed by atoms with Gasteiger partial charge in [0.05, 0.1) is 11.8 Å². The average molecular weight is 362 g/mol. The largest absolute Gasteiger partial charge is 0.374 e. The molecule has 1 saturated heterocycles. The average Bonchev–Trinajstić information content (AvgIpc) is 3.15. The van der Waals surface area contributed by atoms with Gasteiger partial charge >= 0.3 is 0 Å². The summed E-state index contributed by atoms with van der Waals surface area (Å²) in [6, 6.07) is 12.5. The van der Waals surface area contributed by atoms with E-state index in [0.717, 1.165) is 25.3 Å². The highest BCUT2D eigenvalue weighted by molar-refractivity contribution is 7.92. The second-order valence-electron chi connectivity index (χ2n) is 5.96. The summed E-state index contributed by atoms with van der Waals surface area (Å²) in [4.78, 5) is 3.26. The van der Waals surface area contributed by atoms with Crippen LogP contribution in [0, 0.1) is 0 Å². The minimum Gasteiger partial charge on any atom is -0.374 e. The number of para-hydroxylation sites is 1. The third-order valence-electron chi connectivity index (χ3n) is 4.25. The summed E-state index contributed by atoms with van der Waals surface area (Å²) in [5, 5.41) is 3.25. The van der Waals surface area contributed by atoms with Gasteiger partial charge in [-0.3, -0.25) is 9.62 Å². The van der Waals surface area contributed by atoms with Crippen molar-refractivity contribution >= 4 is 21.5 Å². The molecule has 0 spiro atoms. The van der Waals surface area contributed by atoms with E-state index in [0.29, 0.717) is 18.8 Å². The lowest BCUT2D eigenvalue weighted by Gasteiger charge is -2.22. The number of benzene rings is 1. The van der Waals surface area contributed by atoms with Crippen molar-refractivity contribution in [2.45, 2.75) is 30.8 Å². The first kappa shape index (κ1) is 17.7. The topological polar surface area (TPSA) is 72.8 Å². The molecule has 2 N–H and O–H groups in total. The second-order valence-corrected chi connectivity index (χ2v) is 7.82. The summed E-state index contributed by atoms with van der Waals surface area (Å²) in [7, 11) is -3.60. The summed E-state index contributed by atoms with van der Waals surface area (Å²) in [5.74, 6) is 0.775. The lowest BCUT2D eigenvalue weighted by Crippen LogP contribution is -2.31. The first-order valence-corrected chi connectivity index (χ1v) is 10.0. The van der Waals surface area contributed by atoms with Crippen LogP contribution in [0.3, 0.4) is 0 Å². The number of nitrogens with one attached hydrogen (secondary N) is 2. The smallest absolute Gasteiger partial charge is 0.272 e. The number of anilines is 2. The van der Waals surface area contributed by atoms with Crippen LogP contribution in [0.4, 0.5) is 11.5 Å². The van der Waals surface area contributed by atoms with E-state index in [4.69, 9.17) is 4.74 Å². The van der Waals surface area contributed by atoms with Crippen molar-refractivity contribution in [1.82, 2.24) is 0 Å². The van der Waals surface area contributed by atoms with Crippen LogP contribution in [-0.4, -0.2) is 34.2 Å². The van der Waals surface area contributed by atoms with Crippen LogP contribution < -0.4 is 14.6 Å². The highest BCUT2D eigenvalue weighted by Crippen LogP contribution is 2.22. The maximum atomic E-state index is 12.9. The number of nitrogens with zero attached hydrogens (tertiary/aromatic N) is 1. The summed E-state index contributed by atoms with van der Waals surface area (Å²) in [5.41, 5.74) is 0.658. The van der Waals surface area contributed by atoms with Crippen LogP contribution in [0.15, 0.2) is 53.6 Å². The molecule has 1 aliphatic heterocycles. The zero-order valence-electron chi connectivity index (χ0n) is 14.3. The number of rotatable bonds is 7. The molecule has 0 aliphatic carbocycles. The van der Waals surface area contributed by atoms with E-state index in [1.54, 1.807) is 24.3 Å². The molecule has 1 aromatic heterocycles. The predicted octanol–water partition coefficient (Wildman–Crippen LogP) is 2.31. The van der Waals surface area contributed by atoms with Gasteiger partial charge < -0.3 is 4.74 Å². The van der Waals surface area contributed by atoms with Crippen molar-refractivity contribution in [2.75, 3.05) is 29.3 Å². The normalized spacial score (nSPS) is 17.4. The summed E-state index contributed by atoms with van der Waals surface area (Å²) in [6.07, 6.45) is 3.91. The maximum Gasteiger partial charge on any atom is 0.272 e. The quantitative estimate of drug-likeness (QED) is 0.820. The molecule has 2 heterocycles. The van der Waals surface area contributed by atoms with Crippen molar-refractivity contribution in [3.05, 3.63) is 48.7 Å². The van der Waals surface area contributed by atoms with Gasteiger partial charge in [-0.15, -0.1) is 0 Å². The minimum atomic E-state index is -3.60. The molecule has 0 saturated carbocycles. The summed E-state index contributed by atoms with van der Waals surface area (Å²) >= 11 is 0. The van der Waals surface area contributed by atoms with Crippen LogP contribution in [0.2, 0.25) is 0 Å². The molecule has 7 heteroatoms. The summed E-state index contributed by atoms with van der Waals surface area (Å²) < 4.78 is 32.8. The first-order chi connectivity index (χ1) is 12.1. The van der Waals surface area contributed by atoms with Gasteiger partial charge in [0.1, 0.15) is 17.6 Å². The monoisotopic (exact) mass is 362 g/mol. The number of hydrogen-bond acceptors (Lipinski definition) is 4. The zero-order chi connectivity index (χ0) is 17.7. The van der Waals surface area contributed by atoms with Crippen molar-refractivity contribution in [1.29, 1.82) is 0 Å². The highest BCUT2D eigenvalue weighted by atomic mass is 32.2. The van der Waals surface area contributed by atoms with E-state index in [9.17, 15) is 8.42 Å². The van der Waals surface area contributed by atoms with Crippen LogP contribution in [0.5, 0.6) is 0 Å². The molecule has 0 amide bonds. The Morgan fingerprint density at radius 1 is 1.24 bits per heavy atom. The van der Waals surface area contributed by atoms with Crippen LogP contribution in [-0.2, 0) is 14.8 Å². The van der Waals surface area contributed by atoms with Crippen molar-refractivity contribution < 1.29 is 18.1 Å². The Morgan fingerprint density at radius 3 is 2.64 bits per heavy atom. The van der Waals surface area contributed by atoms with E-state index >= 15 is 0 Å². The predicted molar refractivity (Wildman–Crippen MR) is 97.1 cm³/mol. The number of H-pyrrole nitrogens is 1. The standard InChI is InChI=1S/C18H23N3O3S/c1-2-21(15-7-4-3-5-8-15)25(22,23)17-10-11-18(20-14-17)19-13-16-9-6-12-24-16/h3-5,7-8,10-11,14,16H,2,6,9,12-13H2,1H3,(H,19,20)/p+1/t16-/m0/s1. The van der Waals surface area contributed by atoms with Crippen molar-refractivity contribution in [3.8, 4) is 0 Å². The van der Waals surface area contributed by atoms with Gasteiger partial charge in [0, 0.05) is 19.2 Å². The Bertz CT molecular complexity index is 773. The zero-order valence-corrected chi connectivity index (χ0v) is 15.1. The molecule has 0 bridgehead atoms. The third kappa shape index (κ3) is 4.11. The highest BCUT2D eigenvalue weighted by Gasteiger charge is 2.25. The van der Waals surface area contributed by atoms with E-state index in [2.05, 4.69) is 10.3 Å². The molecule has 0 unspecified atom stereocenters. The number of pyridine rings is 1. The van der Waals surface area contributed by atoms with Crippen molar-refractivity contribution in [3.63, 3.8) is 0 Å². The number of aromatic amines is 1. The SMILES string of the molecule is CCN(c1ccccc1)S(=O)(=O)c1ccc(NC[C@@H]2CCCO2)[nH+]c1. The van der Waals surface area contributed by atoms with Gasteiger partial charge in [-0.05, 0) is 38.0 Å². The Kier molecular flexibility index (Phi) is 5.55. The Hall–Kier alpha value is -2.12. The Balaban J connectivity index is 1.73. The van der Waals surface area contributed by atoms with Gasteiger partial charge in [-0.25, -0.2) is 13.4 Å². The Labute approximate surface area is 148 Å². The van der Waals surface area contributed by atoms with Crippen LogP contribution in [0.25, 0.3) is 0 Å². The molecule has 134 valence electrons. The maximum absolute atomic E-state index is 12.9. The Morgan fingerprint density at radius 2 is 2.04 bits per heavy atom. The molecule has 3 rings (SSSR count). The molecule has 2 aromatic rings. The molecule has 6 nitrogen and oxygen atoms in total. The number of sulfonamides is 1. The van der Waals surface area contributed by atoms with Crippen LogP contribution in [0.1, 0.15) is 19.8 Å². The molecule has 1 fully saturated rings. The minimum absolute atomic E-state index is 0.227. The van der Waals surface area contributed by atoms with Gasteiger partial charge in [-0.1, -0.05) is 18.2 Å².